The van der Waals surface area contributed by atoms with Gasteiger partial charge in [0.15, 0.2) is 5.13 Å². The summed E-state index contributed by atoms with van der Waals surface area (Å²) in [5.74, 6) is -0.516. The summed E-state index contributed by atoms with van der Waals surface area (Å²) in [6.07, 6.45) is 1.78. The number of hydrogen-bond donors (Lipinski definition) is 1. The molecule has 0 atom stereocenters. The van der Waals surface area contributed by atoms with Crippen LogP contribution >= 0.6 is 11.3 Å². The quantitative estimate of drug-likeness (QED) is 0.359. The molecule has 17 heavy (non-hydrogen) atoms. The zero-order chi connectivity index (χ0) is 12.7. The van der Waals surface area contributed by atoms with E-state index in [1.807, 2.05) is 0 Å². The summed E-state index contributed by atoms with van der Waals surface area (Å²) in [4.78, 5) is 25.9. The second-order valence-corrected chi connectivity index (χ2v) is 3.65. The number of methoxy groups -OCH3 is 1. The Labute approximate surface area is 102 Å². The second-order valence-electron chi connectivity index (χ2n) is 2.79. The van der Waals surface area contributed by atoms with Crippen molar-refractivity contribution in [3.05, 3.63) is 17.3 Å². The summed E-state index contributed by atoms with van der Waals surface area (Å²) in [7, 11) is 1.43. The number of esters is 1. The zero-order valence-electron chi connectivity index (χ0n) is 9.43. The Bertz CT molecular complexity index is 428. The third-order valence-electron chi connectivity index (χ3n) is 1.69. The van der Waals surface area contributed by atoms with Crippen molar-refractivity contribution in [2.24, 2.45) is 0 Å². The minimum Gasteiger partial charge on any atom is -0.503 e. The molecular weight excluding hydrogens is 244 g/mol. The van der Waals surface area contributed by atoms with Gasteiger partial charge < -0.3 is 14.8 Å². The first-order chi connectivity index (χ1) is 8.22. The van der Waals surface area contributed by atoms with Gasteiger partial charge in [0.05, 0.1) is 25.7 Å². The van der Waals surface area contributed by atoms with E-state index in [0.717, 1.165) is 0 Å². The Balaban J connectivity index is 2.93. The Hall–Kier alpha value is -1.89. The number of rotatable bonds is 6. The lowest BCUT2D eigenvalue weighted by molar-refractivity contribution is -0.136. The third kappa shape index (κ3) is 3.56. The molecule has 1 aromatic rings. The van der Waals surface area contributed by atoms with Crippen molar-refractivity contribution in [2.45, 2.75) is 6.92 Å². The van der Waals surface area contributed by atoms with Crippen LogP contribution in [-0.2, 0) is 19.1 Å². The SMILES string of the molecule is CCOC(=O)/C(=C\OC)c1csc(NC=O)n1. The number of amides is 1. The van der Waals surface area contributed by atoms with Crippen LogP contribution in [0.2, 0.25) is 0 Å². The molecule has 1 aromatic heterocycles. The number of hydrogen-bond acceptors (Lipinski definition) is 6. The minimum atomic E-state index is -0.516. The van der Waals surface area contributed by atoms with E-state index >= 15 is 0 Å². The van der Waals surface area contributed by atoms with Gasteiger partial charge in [-0.2, -0.15) is 0 Å². The Kier molecular flexibility index (Phi) is 5.15. The molecule has 1 amide bonds. The Morgan fingerprint density at radius 2 is 2.41 bits per heavy atom. The minimum absolute atomic E-state index is 0.213. The van der Waals surface area contributed by atoms with Crippen molar-refractivity contribution in [3.63, 3.8) is 0 Å². The summed E-state index contributed by atoms with van der Waals surface area (Å²) in [6.45, 7) is 1.98. The number of thiazole rings is 1. The maximum absolute atomic E-state index is 11.6. The molecular formula is C10H12N2O4S. The van der Waals surface area contributed by atoms with Gasteiger partial charge in [0.25, 0.3) is 0 Å². The van der Waals surface area contributed by atoms with Gasteiger partial charge >= 0.3 is 5.97 Å². The standard InChI is InChI=1S/C10H12N2O4S/c1-3-16-9(14)7(4-15-2)8-5-17-10(12-8)11-6-13/h4-6H,3H2,1-2H3,(H,11,12,13)/b7-4-. The number of ether oxygens (including phenoxy) is 2. The number of nitrogens with one attached hydrogen (secondary N) is 1. The van der Waals surface area contributed by atoms with Crippen LogP contribution in [-0.4, -0.2) is 31.1 Å². The smallest absolute Gasteiger partial charge is 0.343 e. The highest BCUT2D eigenvalue weighted by Gasteiger charge is 2.17. The third-order valence-corrected chi connectivity index (χ3v) is 2.47. The van der Waals surface area contributed by atoms with Crippen LogP contribution in [0.5, 0.6) is 0 Å². The van der Waals surface area contributed by atoms with E-state index in [1.54, 1.807) is 12.3 Å². The zero-order valence-corrected chi connectivity index (χ0v) is 10.2. The van der Waals surface area contributed by atoms with E-state index in [0.29, 0.717) is 17.2 Å². The molecule has 0 unspecified atom stereocenters. The van der Waals surface area contributed by atoms with Crippen molar-refractivity contribution in [1.29, 1.82) is 0 Å². The molecule has 92 valence electrons. The normalized spacial score (nSPS) is 10.8. The summed E-state index contributed by atoms with van der Waals surface area (Å²) in [5.41, 5.74) is 0.615. The molecule has 0 aliphatic carbocycles. The maximum Gasteiger partial charge on any atom is 0.343 e. The average Bonchev–Trinajstić information content (AvgIpc) is 2.75. The number of carbonyl (C=O) groups is 2. The predicted molar refractivity (Wildman–Crippen MR) is 63.4 cm³/mol. The lowest BCUT2D eigenvalue weighted by Crippen LogP contribution is -2.07. The van der Waals surface area contributed by atoms with Crippen LogP contribution in [0, 0.1) is 0 Å². The average molecular weight is 256 g/mol. The highest BCUT2D eigenvalue weighted by atomic mass is 32.1. The molecule has 0 fully saturated rings. The fourth-order valence-corrected chi connectivity index (χ4v) is 1.72. The Morgan fingerprint density at radius 3 is 3.00 bits per heavy atom. The number of nitrogens with zero attached hydrogens (tertiary/aromatic N) is 1. The number of aromatic nitrogens is 1. The van der Waals surface area contributed by atoms with Crippen molar-refractivity contribution in [3.8, 4) is 0 Å². The van der Waals surface area contributed by atoms with Gasteiger partial charge in [0.1, 0.15) is 5.57 Å². The van der Waals surface area contributed by atoms with Crippen molar-refractivity contribution >= 4 is 34.4 Å². The van der Waals surface area contributed by atoms with Crippen molar-refractivity contribution in [1.82, 2.24) is 4.98 Å². The monoisotopic (exact) mass is 256 g/mol. The van der Waals surface area contributed by atoms with Gasteiger partial charge in [0, 0.05) is 5.38 Å². The molecule has 0 saturated heterocycles. The molecule has 1 rings (SSSR count). The molecule has 0 spiro atoms. The molecule has 0 bridgehead atoms. The van der Waals surface area contributed by atoms with Crippen LogP contribution in [0.1, 0.15) is 12.6 Å². The van der Waals surface area contributed by atoms with Gasteiger partial charge in [-0.25, -0.2) is 9.78 Å². The van der Waals surface area contributed by atoms with E-state index in [9.17, 15) is 9.59 Å². The van der Waals surface area contributed by atoms with Gasteiger partial charge in [0.2, 0.25) is 6.41 Å². The fourth-order valence-electron chi connectivity index (χ4n) is 1.05. The first-order valence-corrected chi connectivity index (χ1v) is 5.67. The van der Waals surface area contributed by atoms with Gasteiger partial charge in [-0.15, -0.1) is 11.3 Å². The van der Waals surface area contributed by atoms with E-state index < -0.39 is 5.97 Å². The van der Waals surface area contributed by atoms with E-state index in [-0.39, 0.29) is 12.2 Å². The van der Waals surface area contributed by atoms with E-state index in [2.05, 4.69) is 10.3 Å². The molecule has 1 N–H and O–H groups in total. The first kappa shape index (κ1) is 13.2. The molecule has 1 heterocycles. The van der Waals surface area contributed by atoms with Crippen LogP contribution in [0.15, 0.2) is 11.6 Å². The van der Waals surface area contributed by atoms with Gasteiger partial charge in [-0.3, -0.25) is 4.79 Å². The summed E-state index contributed by atoms with van der Waals surface area (Å²) in [6, 6.07) is 0. The highest BCUT2D eigenvalue weighted by Crippen LogP contribution is 2.22. The molecule has 0 aliphatic heterocycles. The maximum atomic E-state index is 11.6. The van der Waals surface area contributed by atoms with E-state index in [4.69, 9.17) is 9.47 Å². The topological polar surface area (TPSA) is 77.5 Å². The summed E-state index contributed by atoms with van der Waals surface area (Å²) < 4.78 is 9.67. The van der Waals surface area contributed by atoms with Crippen LogP contribution in [0.3, 0.4) is 0 Å². The molecule has 0 aliphatic rings. The lowest BCUT2D eigenvalue weighted by atomic mass is 10.2. The predicted octanol–water partition coefficient (Wildman–Crippen LogP) is 1.26. The van der Waals surface area contributed by atoms with Crippen molar-refractivity contribution in [2.75, 3.05) is 19.0 Å². The van der Waals surface area contributed by atoms with Crippen LogP contribution < -0.4 is 5.32 Å². The van der Waals surface area contributed by atoms with Gasteiger partial charge in [-0.05, 0) is 6.92 Å². The molecule has 0 saturated carbocycles. The van der Waals surface area contributed by atoms with Crippen LogP contribution in [0.4, 0.5) is 5.13 Å². The fraction of sp³-hybridized carbons (Fsp3) is 0.300. The Morgan fingerprint density at radius 1 is 1.65 bits per heavy atom. The summed E-state index contributed by atoms with van der Waals surface area (Å²) in [5, 5.41) is 4.44. The molecule has 6 nitrogen and oxygen atoms in total. The number of carbonyl (C=O) groups excluding carboxylic acids is 2. The van der Waals surface area contributed by atoms with Crippen molar-refractivity contribution < 1.29 is 19.1 Å². The number of anilines is 1. The highest BCUT2D eigenvalue weighted by molar-refractivity contribution is 7.14. The second kappa shape index (κ2) is 6.64. The van der Waals surface area contributed by atoms with E-state index in [1.165, 1.54) is 24.7 Å². The molecule has 0 aromatic carbocycles. The molecule has 7 heteroatoms. The largest absolute Gasteiger partial charge is 0.503 e. The van der Waals surface area contributed by atoms with Crippen LogP contribution in [0.25, 0.3) is 5.57 Å². The lowest BCUT2D eigenvalue weighted by Gasteiger charge is -2.03. The summed E-state index contributed by atoms with van der Waals surface area (Å²) >= 11 is 1.21. The van der Waals surface area contributed by atoms with Gasteiger partial charge in [-0.1, -0.05) is 0 Å². The molecule has 0 radical (unpaired) electrons. The first-order valence-electron chi connectivity index (χ1n) is 4.79.